The summed E-state index contributed by atoms with van der Waals surface area (Å²) in [6, 6.07) is 9.65. The second-order valence-electron chi connectivity index (χ2n) is 5.42. The van der Waals surface area contributed by atoms with E-state index in [9.17, 15) is 4.79 Å². The molecule has 0 radical (unpaired) electrons. The standard InChI is InChI=1S/C15H15NO2/c1-2-14-9-15(10-14,11-14)16-13(17)18-8-12-6-4-3-5-7-12/h1,3-7H,8-11H2,(H,16,17). The SMILES string of the molecule is C#CC12CC(NC(=O)OCc3ccccc3)(C1)C2. The Morgan fingerprint density at radius 1 is 1.33 bits per heavy atom. The molecule has 0 atom stereocenters. The van der Waals surface area contributed by atoms with E-state index >= 15 is 0 Å². The van der Waals surface area contributed by atoms with Crippen LogP contribution in [-0.2, 0) is 11.3 Å². The Hall–Kier alpha value is -1.95. The van der Waals surface area contributed by atoms with Crippen LogP contribution in [0.25, 0.3) is 0 Å². The molecule has 3 aliphatic rings. The minimum atomic E-state index is -0.343. The second-order valence-corrected chi connectivity index (χ2v) is 5.42. The number of carbonyl (C=O) groups is 1. The zero-order valence-electron chi connectivity index (χ0n) is 10.1. The van der Waals surface area contributed by atoms with Crippen LogP contribution >= 0.6 is 0 Å². The summed E-state index contributed by atoms with van der Waals surface area (Å²) in [7, 11) is 0. The normalized spacial score (nSPS) is 31.5. The Labute approximate surface area is 107 Å². The van der Waals surface area contributed by atoms with Gasteiger partial charge in [0.05, 0.1) is 0 Å². The van der Waals surface area contributed by atoms with E-state index in [1.54, 1.807) is 0 Å². The van der Waals surface area contributed by atoms with Crippen molar-refractivity contribution in [1.82, 2.24) is 5.32 Å². The van der Waals surface area contributed by atoms with E-state index in [0.717, 1.165) is 24.8 Å². The summed E-state index contributed by atoms with van der Waals surface area (Å²) in [6.45, 7) is 0.309. The highest BCUT2D eigenvalue weighted by molar-refractivity contribution is 5.69. The molecule has 1 aromatic carbocycles. The molecule has 0 unspecified atom stereocenters. The predicted octanol–water partition coefficient (Wildman–Crippen LogP) is 2.47. The molecule has 0 aliphatic heterocycles. The number of nitrogens with one attached hydrogen (secondary N) is 1. The Bertz CT molecular complexity index is 495. The first-order valence-electron chi connectivity index (χ1n) is 6.12. The first-order valence-corrected chi connectivity index (χ1v) is 6.12. The van der Waals surface area contributed by atoms with Gasteiger partial charge in [0.2, 0.25) is 0 Å². The summed E-state index contributed by atoms with van der Waals surface area (Å²) in [4.78, 5) is 11.7. The number of ether oxygens (including phenoxy) is 1. The lowest BCUT2D eigenvalue weighted by Gasteiger charge is -2.67. The quantitative estimate of drug-likeness (QED) is 0.825. The zero-order chi connectivity index (χ0) is 12.6. The average Bonchev–Trinajstić information content (AvgIpc) is 2.30. The molecule has 3 nitrogen and oxygen atoms in total. The maximum Gasteiger partial charge on any atom is 0.407 e. The second kappa shape index (κ2) is 3.78. The number of benzene rings is 1. The summed E-state index contributed by atoms with van der Waals surface area (Å²) in [5, 5.41) is 2.93. The van der Waals surface area contributed by atoms with E-state index in [1.165, 1.54) is 0 Å². The maximum atomic E-state index is 11.7. The molecule has 2 bridgehead atoms. The van der Waals surface area contributed by atoms with Crippen LogP contribution in [0.1, 0.15) is 24.8 Å². The van der Waals surface area contributed by atoms with Gasteiger partial charge in [-0.3, -0.25) is 0 Å². The fourth-order valence-electron chi connectivity index (χ4n) is 3.05. The van der Waals surface area contributed by atoms with E-state index in [0.29, 0.717) is 6.61 Å². The lowest BCUT2D eigenvalue weighted by Crippen LogP contribution is -2.74. The highest BCUT2D eigenvalue weighted by Crippen LogP contribution is 2.66. The monoisotopic (exact) mass is 241 g/mol. The molecule has 3 fully saturated rings. The average molecular weight is 241 g/mol. The van der Waals surface area contributed by atoms with Gasteiger partial charge in [-0.25, -0.2) is 4.79 Å². The number of alkyl carbamates (subject to hydrolysis) is 1. The molecule has 1 N–H and O–H groups in total. The van der Waals surface area contributed by atoms with Crippen molar-refractivity contribution >= 4 is 6.09 Å². The molecule has 1 aromatic rings. The summed E-state index contributed by atoms with van der Waals surface area (Å²) in [6.07, 6.45) is 7.79. The number of carbonyl (C=O) groups excluding carboxylic acids is 1. The lowest BCUT2D eigenvalue weighted by atomic mass is 9.40. The Kier molecular flexibility index (Phi) is 2.34. The topological polar surface area (TPSA) is 38.3 Å². The highest BCUT2D eigenvalue weighted by Gasteiger charge is 2.68. The van der Waals surface area contributed by atoms with Gasteiger partial charge in [-0.15, -0.1) is 6.42 Å². The Balaban J connectivity index is 1.46. The maximum absolute atomic E-state index is 11.7. The summed E-state index contributed by atoms with van der Waals surface area (Å²) < 4.78 is 5.19. The molecule has 92 valence electrons. The van der Waals surface area contributed by atoms with Crippen molar-refractivity contribution in [3.05, 3.63) is 35.9 Å². The van der Waals surface area contributed by atoms with Gasteiger partial charge in [-0.1, -0.05) is 36.3 Å². The van der Waals surface area contributed by atoms with Gasteiger partial charge >= 0.3 is 6.09 Å². The molecular weight excluding hydrogens is 226 g/mol. The highest BCUT2D eigenvalue weighted by atomic mass is 16.5. The molecule has 0 heterocycles. The molecule has 3 aliphatic carbocycles. The van der Waals surface area contributed by atoms with Crippen LogP contribution in [0.15, 0.2) is 30.3 Å². The van der Waals surface area contributed by atoms with Crippen LogP contribution in [-0.4, -0.2) is 11.6 Å². The Morgan fingerprint density at radius 2 is 2.00 bits per heavy atom. The van der Waals surface area contributed by atoms with Crippen LogP contribution in [0.2, 0.25) is 0 Å². The molecular formula is C15H15NO2. The van der Waals surface area contributed by atoms with Crippen molar-refractivity contribution in [2.24, 2.45) is 5.41 Å². The van der Waals surface area contributed by atoms with Crippen LogP contribution in [0.4, 0.5) is 4.79 Å². The number of hydrogen-bond acceptors (Lipinski definition) is 2. The van der Waals surface area contributed by atoms with Gasteiger partial charge in [-0.2, -0.15) is 0 Å². The zero-order valence-corrected chi connectivity index (χ0v) is 10.1. The fraction of sp³-hybridized carbons (Fsp3) is 0.400. The van der Waals surface area contributed by atoms with Gasteiger partial charge in [0.15, 0.2) is 0 Å². The van der Waals surface area contributed by atoms with E-state index in [4.69, 9.17) is 11.2 Å². The minimum absolute atomic E-state index is 0.0693. The van der Waals surface area contributed by atoms with Crippen molar-refractivity contribution in [1.29, 1.82) is 0 Å². The van der Waals surface area contributed by atoms with E-state index < -0.39 is 0 Å². The molecule has 0 saturated heterocycles. The van der Waals surface area contributed by atoms with Crippen molar-refractivity contribution < 1.29 is 9.53 Å². The Morgan fingerprint density at radius 3 is 2.61 bits per heavy atom. The third-order valence-electron chi connectivity index (χ3n) is 3.92. The van der Waals surface area contributed by atoms with E-state index in [1.807, 2.05) is 30.3 Å². The first-order chi connectivity index (χ1) is 8.65. The van der Waals surface area contributed by atoms with Gasteiger partial charge < -0.3 is 10.1 Å². The molecule has 3 saturated carbocycles. The summed E-state index contributed by atoms with van der Waals surface area (Å²) in [5.41, 5.74) is 0.998. The van der Waals surface area contributed by atoms with Gasteiger partial charge in [0.25, 0.3) is 0 Å². The first kappa shape index (κ1) is 11.2. The van der Waals surface area contributed by atoms with Crippen LogP contribution < -0.4 is 5.32 Å². The number of amides is 1. The van der Waals surface area contributed by atoms with Gasteiger partial charge in [-0.05, 0) is 24.8 Å². The molecule has 4 rings (SSSR count). The third kappa shape index (κ3) is 1.74. The third-order valence-corrected chi connectivity index (χ3v) is 3.92. The van der Waals surface area contributed by atoms with Crippen molar-refractivity contribution in [3.8, 4) is 12.3 Å². The molecule has 18 heavy (non-hydrogen) atoms. The summed E-state index contributed by atoms with van der Waals surface area (Å²) >= 11 is 0. The van der Waals surface area contributed by atoms with Crippen molar-refractivity contribution in [3.63, 3.8) is 0 Å². The predicted molar refractivity (Wildman–Crippen MR) is 67.6 cm³/mol. The van der Waals surface area contributed by atoms with Crippen molar-refractivity contribution in [2.75, 3.05) is 0 Å². The largest absolute Gasteiger partial charge is 0.445 e. The van der Waals surface area contributed by atoms with Crippen LogP contribution in [0.5, 0.6) is 0 Å². The van der Waals surface area contributed by atoms with Crippen molar-refractivity contribution in [2.45, 2.75) is 31.4 Å². The molecule has 0 spiro atoms. The van der Waals surface area contributed by atoms with Crippen LogP contribution in [0.3, 0.4) is 0 Å². The molecule has 0 aromatic heterocycles. The minimum Gasteiger partial charge on any atom is -0.445 e. The molecule has 3 heteroatoms. The number of terminal acetylenes is 1. The number of rotatable bonds is 3. The number of hydrogen-bond donors (Lipinski definition) is 1. The van der Waals surface area contributed by atoms with Crippen LogP contribution in [0, 0.1) is 17.8 Å². The summed E-state index contributed by atoms with van der Waals surface area (Å²) in [5.74, 6) is 2.81. The molecule has 1 amide bonds. The van der Waals surface area contributed by atoms with E-state index in [2.05, 4.69) is 11.2 Å². The smallest absolute Gasteiger partial charge is 0.407 e. The van der Waals surface area contributed by atoms with Gasteiger partial charge in [0, 0.05) is 11.0 Å². The fourth-order valence-corrected chi connectivity index (χ4v) is 3.05. The van der Waals surface area contributed by atoms with Gasteiger partial charge in [0.1, 0.15) is 6.61 Å². The lowest BCUT2D eigenvalue weighted by molar-refractivity contribution is -0.104. The van der Waals surface area contributed by atoms with E-state index in [-0.39, 0.29) is 17.0 Å².